The Morgan fingerprint density at radius 1 is 0.952 bits per heavy atom. The third-order valence-corrected chi connectivity index (χ3v) is 3.67. The summed E-state index contributed by atoms with van der Waals surface area (Å²) in [6.07, 6.45) is 2.76. The second kappa shape index (κ2) is 5.72. The fourth-order valence-corrected chi connectivity index (χ4v) is 2.43. The van der Waals surface area contributed by atoms with E-state index >= 15 is 0 Å². The van der Waals surface area contributed by atoms with Crippen molar-refractivity contribution in [2.24, 2.45) is 0 Å². The second-order valence-corrected chi connectivity index (χ2v) is 5.22. The van der Waals surface area contributed by atoms with E-state index in [1.807, 2.05) is 18.3 Å². The molecule has 0 amide bonds. The highest BCUT2D eigenvalue weighted by Gasteiger charge is 2.16. The number of nitrogens with one attached hydrogen (secondary N) is 1. The van der Waals surface area contributed by atoms with Crippen LogP contribution in [0, 0.1) is 5.82 Å². The molecule has 0 radical (unpaired) electrons. The van der Waals surface area contributed by atoms with E-state index in [1.54, 1.807) is 30.5 Å². The van der Waals surface area contributed by atoms with Crippen molar-refractivity contribution in [2.45, 2.75) is 6.10 Å². The van der Waals surface area contributed by atoms with Crippen LogP contribution in [0.4, 0.5) is 4.39 Å². The van der Waals surface area contributed by atoms with E-state index in [2.05, 4.69) is 4.98 Å². The molecule has 2 N–H and O–H groups in total. The van der Waals surface area contributed by atoms with Crippen molar-refractivity contribution in [3.05, 3.63) is 82.9 Å². The molecular formula is C17H13ClFNO. The van der Waals surface area contributed by atoms with Crippen molar-refractivity contribution < 1.29 is 9.50 Å². The Morgan fingerprint density at radius 3 is 2.29 bits per heavy atom. The van der Waals surface area contributed by atoms with Gasteiger partial charge in [0.05, 0.1) is 0 Å². The maximum Gasteiger partial charge on any atom is 0.123 e. The van der Waals surface area contributed by atoms with Gasteiger partial charge in [-0.1, -0.05) is 35.9 Å². The minimum atomic E-state index is -0.817. The molecule has 21 heavy (non-hydrogen) atoms. The summed E-state index contributed by atoms with van der Waals surface area (Å²) in [4.78, 5) is 3.01. The zero-order valence-corrected chi connectivity index (χ0v) is 11.8. The Morgan fingerprint density at radius 2 is 1.62 bits per heavy atom. The van der Waals surface area contributed by atoms with Crippen LogP contribution in [0.25, 0.3) is 11.1 Å². The lowest BCUT2D eigenvalue weighted by atomic mass is 9.97. The van der Waals surface area contributed by atoms with Gasteiger partial charge in [-0.25, -0.2) is 4.39 Å². The molecule has 2 nitrogen and oxygen atoms in total. The molecule has 106 valence electrons. The molecule has 0 aliphatic heterocycles. The van der Waals surface area contributed by atoms with Crippen molar-refractivity contribution in [3.8, 4) is 11.1 Å². The van der Waals surface area contributed by atoms with Gasteiger partial charge in [0, 0.05) is 28.5 Å². The third-order valence-electron chi connectivity index (χ3n) is 3.41. The van der Waals surface area contributed by atoms with Gasteiger partial charge in [0.15, 0.2) is 0 Å². The second-order valence-electron chi connectivity index (χ2n) is 4.79. The van der Waals surface area contributed by atoms with Crippen LogP contribution in [0.2, 0.25) is 5.02 Å². The first-order chi connectivity index (χ1) is 10.1. The van der Waals surface area contributed by atoms with Gasteiger partial charge in [0.2, 0.25) is 0 Å². The number of benzene rings is 2. The first-order valence-electron chi connectivity index (χ1n) is 6.51. The average molecular weight is 302 g/mol. The fourth-order valence-electron chi connectivity index (χ4n) is 2.31. The number of hydrogen-bond donors (Lipinski definition) is 2. The van der Waals surface area contributed by atoms with Crippen LogP contribution < -0.4 is 0 Å². The highest BCUT2D eigenvalue weighted by Crippen LogP contribution is 2.32. The lowest BCUT2D eigenvalue weighted by Crippen LogP contribution is -2.00. The normalized spacial score (nSPS) is 12.3. The molecule has 0 aliphatic rings. The van der Waals surface area contributed by atoms with E-state index in [4.69, 9.17) is 11.6 Å². The SMILES string of the molecule is O[C@@H](c1ccc(F)cc1)c1c[nH]cc1-c1ccc(Cl)cc1. The Labute approximate surface area is 126 Å². The Bertz CT molecular complexity index is 734. The molecular weight excluding hydrogens is 289 g/mol. The van der Waals surface area contributed by atoms with Crippen molar-refractivity contribution in [1.82, 2.24) is 4.98 Å². The quantitative estimate of drug-likeness (QED) is 0.731. The van der Waals surface area contributed by atoms with E-state index in [-0.39, 0.29) is 5.82 Å². The molecule has 3 aromatic rings. The molecule has 1 atom stereocenters. The molecule has 1 heterocycles. The Hall–Kier alpha value is -2.10. The summed E-state index contributed by atoms with van der Waals surface area (Å²) in [5, 5.41) is 11.2. The molecule has 1 aromatic heterocycles. The van der Waals surface area contributed by atoms with Crippen LogP contribution in [0.3, 0.4) is 0 Å². The van der Waals surface area contributed by atoms with Crippen LogP contribution >= 0.6 is 11.6 Å². The first-order valence-corrected chi connectivity index (χ1v) is 6.89. The lowest BCUT2D eigenvalue weighted by Gasteiger charge is -2.12. The molecule has 0 spiro atoms. The van der Waals surface area contributed by atoms with Gasteiger partial charge in [0.1, 0.15) is 11.9 Å². The van der Waals surface area contributed by atoms with Crippen LogP contribution in [0.15, 0.2) is 60.9 Å². The number of aromatic amines is 1. The minimum Gasteiger partial charge on any atom is -0.384 e. The van der Waals surface area contributed by atoms with Gasteiger partial charge in [-0.2, -0.15) is 0 Å². The van der Waals surface area contributed by atoms with Crippen LogP contribution in [-0.4, -0.2) is 10.1 Å². The summed E-state index contributed by atoms with van der Waals surface area (Å²) in [7, 11) is 0. The Kier molecular flexibility index (Phi) is 3.78. The smallest absolute Gasteiger partial charge is 0.123 e. The summed E-state index contributed by atoms with van der Waals surface area (Å²) >= 11 is 5.89. The molecule has 0 bridgehead atoms. The minimum absolute atomic E-state index is 0.321. The fraction of sp³-hybridized carbons (Fsp3) is 0.0588. The van der Waals surface area contributed by atoms with Crippen LogP contribution in [0.1, 0.15) is 17.2 Å². The summed E-state index contributed by atoms with van der Waals surface area (Å²) in [6, 6.07) is 13.2. The lowest BCUT2D eigenvalue weighted by molar-refractivity contribution is 0.221. The first kappa shape index (κ1) is 13.9. The summed E-state index contributed by atoms with van der Waals surface area (Å²) < 4.78 is 13.0. The summed E-state index contributed by atoms with van der Waals surface area (Å²) in [5.41, 5.74) is 3.23. The molecule has 0 saturated heterocycles. The predicted octanol–water partition coefficient (Wildman–Crippen LogP) is 4.56. The molecule has 3 rings (SSSR count). The summed E-state index contributed by atoms with van der Waals surface area (Å²) in [5.74, 6) is -0.321. The van der Waals surface area contributed by atoms with E-state index in [1.165, 1.54) is 12.1 Å². The molecule has 0 saturated carbocycles. The van der Waals surface area contributed by atoms with Gasteiger partial charge in [-0.05, 0) is 35.4 Å². The van der Waals surface area contributed by atoms with Gasteiger partial charge >= 0.3 is 0 Å². The molecule has 0 aliphatic carbocycles. The topological polar surface area (TPSA) is 36.0 Å². The van der Waals surface area contributed by atoms with Gasteiger partial charge < -0.3 is 10.1 Å². The number of aliphatic hydroxyl groups is 1. The van der Waals surface area contributed by atoms with Crippen molar-refractivity contribution in [2.75, 3.05) is 0 Å². The standard InChI is InChI=1S/C17H13ClFNO/c18-13-5-1-11(2-6-13)15-9-20-10-16(15)17(21)12-3-7-14(19)8-4-12/h1-10,17,20-21H/t17-/m0/s1. The van der Waals surface area contributed by atoms with Gasteiger partial charge in [-0.15, -0.1) is 0 Å². The van der Waals surface area contributed by atoms with Crippen LogP contribution in [0.5, 0.6) is 0 Å². The predicted molar refractivity (Wildman–Crippen MR) is 81.7 cm³/mol. The van der Waals surface area contributed by atoms with E-state index in [9.17, 15) is 9.50 Å². The van der Waals surface area contributed by atoms with E-state index in [0.717, 1.165) is 16.7 Å². The largest absolute Gasteiger partial charge is 0.384 e. The number of rotatable bonds is 3. The highest BCUT2D eigenvalue weighted by molar-refractivity contribution is 6.30. The number of H-pyrrole nitrogens is 1. The van der Waals surface area contributed by atoms with E-state index in [0.29, 0.717) is 10.6 Å². The van der Waals surface area contributed by atoms with Crippen molar-refractivity contribution in [1.29, 1.82) is 0 Å². The monoisotopic (exact) mass is 301 g/mol. The molecule has 2 aromatic carbocycles. The number of aromatic nitrogens is 1. The van der Waals surface area contributed by atoms with Crippen molar-refractivity contribution >= 4 is 11.6 Å². The maximum absolute atomic E-state index is 13.0. The third kappa shape index (κ3) is 2.84. The summed E-state index contributed by atoms with van der Waals surface area (Å²) in [6.45, 7) is 0. The number of hydrogen-bond acceptors (Lipinski definition) is 1. The molecule has 4 heteroatoms. The molecule has 0 fully saturated rings. The zero-order valence-electron chi connectivity index (χ0n) is 11.1. The van der Waals surface area contributed by atoms with E-state index < -0.39 is 6.10 Å². The molecule has 0 unspecified atom stereocenters. The Balaban J connectivity index is 1.98. The maximum atomic E-state index is 13.0. The van der Waals surface area contributed by atoms with Crippen molar-refractivity contribution in [3.63, 3.8) is 0 Å². The zero-order chi connectivity index (χ0) is 14.8. The van der Waals surface area contributed by atoms with Crippen LogP contribution in [-0.2, 0) is 0 Å². The van der Waals surface area contributed by atoms with Gasteiger partial charge in [-0.3, -0.25) is 0 Å². The van der Waals surface area contributed by atoms with Gasteiger partial charge in [0.25, 0.3) is 0 Å². The highest BCUT2D eigenvalue weighted by atomic mass is 35.5. The number of aliphatic hydroxyl groups excluding tert-OH is 1. The number of halogens is 2. The average Bonchev–Trinajstić information content (AvgIpc) is 2.97.